The Morgan fingerprint density at radius 2 is 2.04 bits per heavy atom. The number of fused-ring (bicyclic) bond motifs is 1. The number of sulfonamides is 1. The standard InChI is InChI=1S/C19H17N3O4S2/c23-18(16-7-4-11-26-16)21-19-20-15-8-10-22(13-17(15)27-19)28(24,25)12-9-14-5-2-1-3-6-14/h1-7,9,11-12H,8,10,13H2,(H,20,21,23)/b12-9+. The molecule has 1 aliphatic heterocycles. The van der Waals surface area contributed by atoms with Crippen molar-refractivity contribution in [2.45, 2.75) is 13.0 Å². The summed E-state index contributed by atoms with van der Waals surface area (Å²) in [6.07, 6.45) is 3.51. The number of hydrogen-bond acceptors (Lipinski definition) is 6. The second-order valence-corrected chi connectivity index (χ2v) is 9.06. The van der Waals surface area contributed by atoms with Gasteiger partial charge in [-0.2, -0.15) is 4.31 Å². The number of anilines is 1. The number of aromatic nitrogens is 1. The minimum absolute atomic E-state index is 0.198. The van der Waals surface area contributed by atoms with Gasteiger partial charge in [-0.15, -0.1) is 11.3 Å². The summed E-state index contributed by atoms with van der Waals surface area (Å²) in [7, 11) is -3.54. The van der Waals surface area contributed by atoms with Crippen molar-refractivity contribution in [3.8, 4) is 0 Å². The minimum Gasteiger partial charge on any atom is -0.459 e. The van der Waals surface area contributed by atoms with Gasteiger partial charge in [-0.3, -0.25) is 10.1 Å². The molecule has 0 radical (unpaired) electrons. The highest BCUT2D eigenvalue weighted by molar-refractivity contribution is 7.92. The first-order valence-electron chi connectivity index (χ1n) is 8.58. The van der Waals surface area contributed by atoms with Crippen molar-refractivity contribution in [3.63, 3.8) is 0 Å². The summed E-state index contributed by atoms with van der Waals surface area (Å²) < 4.78 is 31.8. The van der Waals surface area contributed by atoms with Gasteiger partial charge in [-0.1, -0.05) is 30.3 Å². The Hall–Kier alpha value is -2.75. The van der Waals surface area contributed by atoms with Crippen molar-refractivity contribution in [1.29, 1.82) is 0 Å². The van der Waals surface area contributed by atoms with Gasteiger partial charge in [0.2, 0.25) is 10.0 Å². The third-order valence-electron chi connectivity index (χ3n) is 4.25. The van der Waals surface area contributed by atoms with Gasteiger partial charge >= 0.3 is 0 Å². The molecular weight excluding hydrogens is 398 g/mol. The molecule has 144 valence electrons. The molecule has 0 saturated heterocycles. The molecule has 3 aromatic rings. The quantitative estimate of drug-likeness (QED) is 0.690. The molecule has 9 heteroatoms. The van der Waals surface area contributed by atoms with E-state index in [0.717, 1.165) is 16.1 Å². The minimum atomic E-state index is -3.54. The van der Waals surface area contributed by atoms with E-state index in [-0.39, 0.29) is 18.2 Å². The van der Waals surface area contributed by atoms with Crippen molar-refractivity contribution >= 4 is 38.5 Å². The molecule has 4 rings (SSSR count). The zero-order valence-corrected chi connectivity index (χ0v) is 16.4. The lowest BCUT2D eigenvalue weighted by Crippen LogP contribution is -2.34. The number of carbonyl (C=O) groups excluding carboxylic acids is 1. The predicted octanol–water partition coefficient (Wildman–Crippen LogP) is 3.35. The SMILES string of the molecule is O=C(Nc1nc2c(s1)CN(S(=O)(=O)/C=C/c1ccccc1)CC2)c1ccco1. The summed E-state index contributed by atoms with van der Waals surface area (Å²) in [5.74, 6) is -0.185. The van der Waals surface area contributed by atoms with Crippen LogP contribution in [0, 0.1) is 0 Å². The average molecular weight is 415 g/mol. The van der Waals surface area contributed by atoms with E-state index in [1.165, 1.54) is 27.3 Å². The molecule has 0 atom stereocenters. The molecule has 1 N–H and O–H groups in total. The number of furan rings is 1. The van der Waals surface area contributed by atoms with Crippen molar-refractivity contribution in [2.24, 2.45) is 0 Å². The summed E-state index contributed by atoms with van der Waals surface area (Å²) >= 11 is 1.28. The van der Waals surface area contributed by atoms with Crippen LogP contribution < -0.4 is 5.32 Å². The fraction of sp³-hybridized carbons (Fsp3) is 0.158. The zero-order valence-electron chi connectivity index (χ0n) is 14.7. The Kier molecular flexibility index (Phi) is 5.12. The first kappa shape index (κ1) is 18.6. The lowest BCUT2D eigenvalue weighted by molar-refractivity contribution is 0.0996. The number of hydrogen-bond donors (Lipinski definition) is 1. The number of carbonyl (C=O) groups is 1. The molecule has 0 aliphatic carbocycles. The fourth-order valence-electron chi connectivity index (χ4n) is 2.82. The van der Waals surface area contributed by atoms with Crippen LogP contribution >= 0.6 is 11.3 Å². The van der Waals surface area contributed by atoms with Gasteiger partial charge in [0.1, 0.15) is 0 Å². The Balaban J connectivity index is 1.46. The predicted molar refractivity (Wildman–Crippen MR) is 107 cm³/mol. The third kappa shape index (κ3) is 4.06. The molecule has 3 heterocycles. The van der Waals surface area contributed by atoms with Crippen LogP contribution in [0.15, 0.2) is 58.6 Å². The normalized spacial score (nSPS) is 14.9. The number of rotatable bonds is 5. The van der Waals surface area contributed by atoms with E-state index in [9.17, 15) is 13.2 Å². The molecule has 7 nitrogen and oxygen atoms in total. The summed E-state index contributed by atoms with van der Waals surface area (Å²) in [5, 5.41) is 4.36. The Labute approximate surface area is 166 Å². The van der Waals surface area contributed by atoms with Crippen LogP contribution in [0.3, 0.4) is 0 Å². The number of nitrogens with zero attached hydrogens (tertiary/aromatic N) is 2. The Morgan fingerprint density at radius 3 is 2.79 bits per heavy atom. The topological polar surface area (TPSA) is 92.5 Å². The molecule has 28 heavy (non-hydrogen) atoms. The summed E-state index contributed by atoms with van der Waals surface area (Å²) in [6.45, 7) is 0.592. The van der Waals surface area contributed by atoms with E-state index < -0.39 is 10.0 Å². The van der Waals surface area contributed by atoms with Crippen LogP contribution in [0.25, 0.3) is 6.08 Å². The van der Waals surface area contributed by atoms with Gasteiger partial charge in [0.05, 0.1) is 18.5 Å². The molecular formula is C19H17N3O4S2. The Bertz CT molecular complexity index is 1100. The Morgan fingerprint density at radius 1 is 1.21 bits per heavy atom. The van der Waals surface area contributed by atoms with E-state index in [4.69, 9.17) is 4.42 Å². The lowest BCUT2D eigenvalue weighted by atomic mass is 10.2. The van der Waals surface area contributed by atoms with E-state index in [1.807, 2.05) is 30.3 Å². The lowest BCUT2D eigenvalue weighted by Gasteiger charge is -2.23. The average Bonchev–Trinajstić information content (AvgIpc) is 3.36. The zero-order chi connectivity index (χ0) is 19.6. The highest BCUT2D eigenvalue weighted by Crippen LogP contribution is 2.30. The van der Waals surface area contributed by atoms with Crippen molar-refractivity contribution in [2.75, 3.05) is 11.9 Å². The molecule has 0 unspecified atom stereocenters. The number of thiazole rings is 1. The van der Waals surface area contributed by atoms with Gasteiger partial charge in [0, 0.05) is 23.3 Å². The summed E-state index contributed by atoms with van der Waals surface area (Å²) in [5.41, 5.74) is 1.64. The molecule has 0 saturated carbocycles. The van der Waals surface area contributed by atoms with E-state index in [0.29, 0.717) is 18.1 Å². The second-order valence-electron chi connectivity index (χ2n) is 6.16. The molecule has 1 amide bonds. The van der Waals surface area contributed by atoms with Crippen LogP contribution in [0.4, 0.5) is 5.13 Å². The van der Waals surface area contributed by atoms with E-state index in [2.05, 4.69) is 10.3 Å². The van der Waals surface area contributed by atoms with Gasteiger partial charge < -0.3 is 4.42 Å². The van der Waals surface area contributed by atoms with Crippen LogP contribution in [-0.2, 0) is 23.0 Å². The summed E-state index contributed by atoms with van der Waals surface area (Å²) in [4.78, 5) is 17.3. The van der Waals surface area contributed by atoms with Gasteiger partial charge in [0.25, 0.3) is 5.91 Å². The maximum atomic E-state index is 12.6. The first-order valence-corrected chi connectivity index (χ1v) is 10.9. The van der Waals surface area contributed by atoms with Crippen LogP contribution in [0.1, 0.15) is 26.7 Å². The molecule has 1 aliphatic rings. The van der Waals surface area contributed by atoms with Gasteiger partial charge in [-0.05, 0) is 23.8 Å². The molecule has 0 bridgehead atoms. The smallest absolute Gasteiger partial charge is 0.293 e. The fourth-order valence-corrected chi connectivity index (χ4v) is 5.08. The molecule has 2 aromatic heterocycles. The van der Waals surface area contributed by atoms with Crippen LogP contribution in [-0.4, -0.2) is 30.2 Å². The number of amides is 1. The maximum Gasteiger partial charge on any atom is 0.293 e. The monoisotopic (exact) mass is 415 g/mol. The number of benzene rings is 1. The summed E-state index contributed by atoms with van der Waals surface area (Å²) in [6, 6.07) is 12.5. The van der Waals surface area contributed by atoms with Gasteiger partial charge in [-0.25, -0.2) is 13.4 Å². The highest BCUT2D eigenvalue weighted by Gasteiger charge is 2.28. The van der Waals surface area contributed by atoms with Gasteiger partial charge in [0.15, 0.2) is 10.9 Å². The molecule has 1 aromatic carbocycles. The van der Waals surface area contributed by atoms with Crippen molar-refractivity contribution in [1.82, 2.24) is 9.29 Å². The van der Waals surface area contributed by atoms with E-state index in [1.54, 1.807) is 18.2 Å². The first-order chi connectivity index (χ1) is 13.5. The third-order valence-corrected chi connectivity index (χ3v) is 6.76. The van der Waals surface area contributed by atoms with E-state index >= 15 is 0 Å². The molecule has 0 fully saturated rings. The number of nitrogens with one attached hydrogen (secondary N) is 1. The van der Waals surface area contributed by atoms with Crippen molar-refractivity contribution in [3.05, 3.63) is 76.0 Å². The van der Waals surface area contributed by atoms with Crippen molar-refractivity contribution < 1.29 is 17.6 Å². The largest absolute Gasteiger partial charge is 0.459 e. The maximum absolute atomic E-state index is 12.6. The van der Waals surface area contributed by atoms with Crippen LogP contribution in [0.5, 0.6) is 0 Å². The second kappa shape index (κ2) is 7.70. The molecule has 0 spiro atoms. The highest BCUT2D eigenvalue weighted by atomic mass is 32.2. The van der Waals surface area contributed by atoms with Crippen LogP contribution in [0.2, 0.25) is 0 Å².